The third-order valence-electron chi connectivity index (χ3n) is 5.38. The highest BCUT2D eigenvalue weighted by Gasteiger charge is 2.38. The van der Waals surface area contributed by atoms with Crippen LogP contribution in [0.2, 0.25) is 0 Å². The lowest BCUT2D eigenvalue weighted by atomic mass is 9.65. The van der Waals surface area contributed by atoms with Gasteiger partial charge in [-0.15, -0.1) is 0 Å². The fourth-order valence-electron chi connectivity index (χ4n) is 3.82. The number of hydrogen-bond donors (Lipinski definition) is 1. The topological polar surface area (TPSA) is 26.0 Å². The molecule has 0 amide bonds. The molecule has 0 heterocycles. The Balaban J connectivity index is 2.20. The third kappa shape index (κ3) is 3.06. The van der Waals surface area contributed by atoms with E-state index < -0.39 is 0 Å². The summed E-state index contributed by atoms with van der Waals surface area (Å²) in [5.41, 5.74) is 7.71. The fourth-order valence-corrected chi connectivity index (χ4v) is 3.82. The van der Waals surface area contributed by atoms with Crippen molar-refractivity contribution in [2.75, 3.05) is 0 Å². The van der Waals surface area contributed by atoms with Crippen LogP contribution in [0.4, 0.5) is 4.39 Å². The Morgan fingerprint density at radius 3 is 2.40 bits per heavy atom. The molecule has 1 saturated carbocycles. The maximum atomic E-state index is 13.1. The van der Waals surface area contributed by atoms with Gasteiger partial charge in [0.1, 0.15) is 5.82 Å². The number of rotatable bonds is 4. The molecule has 1 aliphatic rings. The van der Waals surface area contributed by atoms with Gasteiger partial charge in [-0.2, -0.15) is 0 Å². The molecule has 0 saturated heterocycles. The van der Waals surface area contributed by atoms with Gasteiger partial charge in [0.05, 0.1) is 0 Å². The van der Waals surface area contributed by atoms with Crippen LogP contribution in [-0.2, 0) is 5.41 Å². The minimum atomic E-state index is -0.178. The van der Waals surface area contributed by atoms with E-state index in [1.54, 1.807) is 12.1 Å². The Bertz CT molecular complexity index is 424. The van der Waals surface area contributed by atoms with Crippen LogP contribution in [-0.4, -0.2) is 6.04 Å². The molecule has 2 N–H and O–H groups in total. The van der Waals surface area contributed by atoms with E-state index in [0.717, 1.165) is 11.5 Å². The lowest BCUT2D eigenvalue weighted by Gasteiger charge is -2.43. The number of halogens is 1. The lowest BCUT2D eigenvalue weighted by molar-refractivity contribution is 0.156. The molecule has 3 unspecified atom stereocenters. The highest BCUT2D eigenvalue weighted by Crippen LogP contribution is 2.40. The van der Waals surface area contributed by atoms with Crippen LogP contribution in [0.5, 0.6) is 0 Å². The van der Waals surface area contributed by atoms with Gasteiger partial charge in [-0.1, -0.05) is 58.6 Å². The van der Waals surface area contributed by atoms with Gasteiger partial charge in [0.15, 0.2) is 0 Å². The summed E-state index contributed by atoms with van der Waals surface area (Å²) in [5.74, 6) is 1.16. The summed E-state index contributed by atoms with van der Waals surface area (Å²) in [4.78, 5) is 0. The number of hydrogen-bond acceptors (Lipinski definition) is 1. The van der Waals surface area contributed by atoms with Crippen LogP contribution >= 0.6 is 0 Å². The molecule has 1 aromatic rings. The van der Waals surface area contributed by atoms with E-state index in [1.807, 2.05) is 12.1 Å². The first-order valence-corrected chi connectivity index (χ1v) is 7.98. The minimum absolute atomic E-state index is 0.108. The van der Waals surface area contributed by atoms with Gasteiger partial charge in [0.25, 0.3) is 0 Å². The highest BCUT2D eigenvalue weighted by atomic mass is 19.1. The summed E-state index contributed by atoms with van der Waals surface area (Å²) < 4.78 is 13.1. The maximum absolute atomic E-state index is 13.1. The Kier molecular flexibility index (Phi) is 4.85. The van der Waals surface area contributed by atoms with Gasteiger partial charge in [0.2, 0.25) is 0 Å². The standard InChI is InChI=1S/C18H28FN/c1-4-13-7-5-6-8-16(13)17(20)18(2,3)14-9-11-15(19)12-10-14/h9-13,16-17H,4-8,20H2,1-3H3. The van der Waals surface area contributed by atoms with Crippen molar-refractivity contribution < 1.29 is 4.39 Å². The molecule has 2 heteroatoms. The van der Waals surface area contributed by atoms with E-state index in [1.165, 1.54) is 32.1 Å². The predicted octanol–water partition coefficient (Wildman–Crippen LogP) is 4.65. The Hall–Kier alpha value is -0.890. The Labute approximate surface area is 122 Å². The van der Waals surface area contributed by atoms with Crippen molar-refractivity contribution in [3.05, 3.63) is 35.6 Å². The molecule has 20 heavy (non-hydrogen) atoms. The first-order chi connectivity index (χ1) is 9.46. The summed E-state index contributed by atoms with van der Waals surface area (Å²) in [6.45, 7) is 6.68. The summed E-state index contributed by atoms with van der Waals surface area (Å²) >= 11 is 0. The molecule has 1 aromatic carbocycles. The van der Waals surface area contributed by atoms with Crippen molar-refractivity contribution in [2.24, 2.45) is 17.6 Å². The average molecular weight is 277 g/mol. The molecule has 0 aromatic heterocycles. The monoisotopic (exact) mass is 277 g/mol. The summed E-state index contributed by atoms with van der Waals surface area (Å²) in [5, 5.41) is 0. The van der Waals surface area contributed by atoms with Crippen LogP contribution in [0.25, 0.3) is 0 Å². The molecule has 0 spiro atoms. The average Bonchev–Trinajstić information content (AvgIpc) is 2.46. The van der Waals surface area contributed by atoms with Crippen LogP contribution in [0.1, 0.15) is 58.4 Å². The van der Waals surface area contributed by atoms with Crippen molar-refractivity contribution in [3.63, 3.8) is 0 Å². The second-order valence-electron chi connectivity index (χ2n) is 6.87. The van der Waals surface area contributed by atoms with Gasteiger partial charge >= 0.3 is 0 Å². The van der Waals surface area contributed by atoms with E-state index in [-0.39, 0.29) is 17.3 Å². The highest BCUT2D eigenvalue weighted by molar-refractivity contribution is 5.26. The Morgan fingerprint density at radius 2 is 1.80 bits per heavy atom. The maximum Gasteiger partial charge on any atom is 0.123 e. The van der Waals surface area contributed by atoms with Crippen LogP contribution < -0.4 is 5.73 Å². The van der Waals surface area contributed by atoms with E-state index in [0.29, 0.717) is 5.92 Å². The van der Waals surface area contributed by atoms with Gasteiger partial charge in [0, 0.05) is 11.5 Å². The molecular weight excluding hydrogens is 249 g/mol. The third-order valence-corrected chi connectivity index (χ3v) is 5.38. The number of benzene rings is 1. The van der Waals surface area contributed by atoms with Crippen LogP contribution in [0.3, 0.4) is 0 Å². The van der Waals surface area contributed by atoms with Gasteiger partial charge < -0.3 is 5.73 Å². The fraction of sp³-hybridized carbons (Fsp3) is 0.667. The van der Waals surface area contributed by atoms with Gasteiger partial charge in [-0.3, -0.25) is 0 Å². The summed E-state index contributed by atoms with van der Waals surface area (Å²) in [6.07, 6.45) is 6.42. The molecule has 3 atom stereocenters. The van der Waals surface area contributed by atoms with Crippen LogP contribution in [0, 0.1) is 17.7 Å². The second kappa shape index (κ2) is 6.26. The van der Waals surface area contributed by atoms with Crippen molar-refractivity contribution in [1.29, 1.82) is 0 Å². The molecule has 112 valence electrons. The van der Waals surface area contributed by atoms with Crippen molar-refractivity contribution >= 4 is 0 Å². The molecule has 0 aliphatic heterocycles. The lowest BCUT2D eigenvalue weighted by Crippen LogP contribution is -2.49. The predicted molar refractivity (Wildman–Crippen MR) is 83.1 cm³/mol. The van der Waals surface area contributed by atoms with Crippen molar-refractivity contribution in [3.8, 4) is 0 Å². The van der Waals surface area contributed by atoms with Crippen molar-refractivity contribution in [1.82, 2.24) is 0 Å². The zero-order valence-electron chi connectivity index (χ0n) is 13.0. The SMILES string of the molecule is CCC1CCCCC1C(N)C(C)(C)c1ccc(F)cc1. The normalized spacial score (nSPS) is 25.4. The first kappa shape index (κ1) is 15.5. The smallest absolute Gasteiger partial charge is 0.123 e. The van der Waals surface area contributed by atoms with Crippen LogP contribution in [0.15, 0.2) is 24.3 Å². The number of nitrogens with two attached hydrogens (primary N) is 1. The van der Waals surface area contributed by atoms with Gasteiger partial charge in [-0.05, 0) is 36.0 Å². The first-order valence-electron chi connectivity index (χ1n) is 7.98. The van der Waals surface area contributed by atoms with Crippen molar-refractivity contribution in [2.45, 2.75) is 64.3 Å². The zero-order valence-corrected chi connectivity index (χ0v) is 13.0. The van der Waals surface area contributed by atoms with E-state index >= 15 is 0 Å². The molecule has 0 radical (unpaired) electrons. The van der Waals surface area contributed by atoms with E-state index in [9.17, 15) is 4.39 Å². The summed E-state index contributed by atoms with van der Waals surface area (Å²) in [6, 6.07) is 7.00. The summed E-state index contributed by atoms with van der Waals surface area (Å²) in [7, 11) is 0. The van der Waals surface area contributed by atoms with Gasteiger partial charge in [-0.25, -0.2) is 4.39 Å². The van der Waals surface area contributed by atoms with E-state index in [4.69, 9.17) is 5.73 Å². The second-order valence-corrected chi connectivity index (χ2v) is 6.87. The largest absolute Gasteiger partial charge is 0.327 e. The molecule has 2 rings (SSSR count). The Morgan fingerprint density at radius 1 is 1.20 bits per heavy atom. The van der Waals surface area contributed by atoms with E-state index in [2.05, 4.69) is 20.8 Å². The molecule has 1 nitrogen and oxygen atoms in total. The molecule has 1 fully saturated rings. The molecule has 0 bridgehead atoms. The quantitative estimate of drug-likeness (QED) is 0.852. The molecule has 1 aliphatic carbocycles. The molecular formula is C18H28FN. The minimum Gasteiger partial charge on any atom is -0.327 e. The zero-order chi connectivity index (χ0) is 14.8.